The van der Waals surface area contributed by atoms with E-state index in [0.29, 0.717) is 36.6 Å². The molecule has 0 unspecified atom stereocenters. The maximum absolute atomic E-state index is 12.9. The Hall–Kier alpha value is -2.94. The van der Waals surface area contributed by atoms with Gasteiger partial charge in [0.25, 0.3) is 0 Å². The Kier molecular flexibility index (Phi) is 7.62. The Labute approximate surface area is 179 Å². The fourth-order valence-corrected chi connectivity index (χ4v) is 3.46. The quantitative estimate of drug-likeness (QED) is 0.648. The van der Waals surface area contributed by atoms with Gasteiger partial charge >= 0.3 is 12.3 Å². The van der Waals surface area contributed by atoms with Crippen LogP contribution in [0, 0.1) is 0 Å². The van der Waals surface area contributed by atoms with Gasteiger partial charge in [-0.15, -0.1) is 0 Å². The van der Waals surface area contributed by atoms with Crippen LogP contribution in [0.4, 0.5) is 29.3 Å². The van der Waals surface area contributed by atoms with Gasteiger partial charge in [-0.05, 0) is 36.8 Å². The van der Waals surface area contributed by atoms with E-state index in [2.05, 4.69) is 10.2 Å². The molecule has 0 aliphatic carbocycles. The van der Waals surface area contributed by atoms with Crippen LogP contribution in [0.5, 0.6) is 5.75 Å². The lowest BCUT2D eigenvalue weighted by Gasteiger charge is -2.36. The largest absolute Gasteiger partial charge is 0.495 e. The fraction of sp³-hybridized carbons (Fsp3) is 0.409. The van der Waals surface area contributed by atoms with Gasteiger partial charge in [0.05, 0.1) is 25.0 Å². The molecule has 2 aromatic carbocycles. The maximum atomic E-state index is 12.9. The molecular formula is C22H26F3N3O3. The predicted octanol–water partition coefficient (Wildman–Crippen LogP) is 4.47. The van der Waals surface area contributed by atoms with Crippen LogP contribution in [0.2, 0.25) is 0 Å². The van der Waals surface area contributed by atoms with E-state index in [1.165, 1.54) is 19.2 Å². The fourth-order valence-electron chi connectivity index (χ4n) is 3.46. The van der Waals surface area contributed by atoms with Gasteiger partial charge in [-0.2, -0.15) is 13.2 Å². The zero-order valence-corrected chi connectivity index (χ0v) is 17.3. The Morgan fingerprint density at radius 1 is 1.06 bits per heavy atom. The molecule has 0 saturated carbocycles. The molecule has 0 radical (unpaired) electrons. The van der Waals surface area contributed by atoms with Gasteiger partial charge in [-0.25, -0.2) is 4.79 Å². The number of para-hydroxylation sites is 2. The molecule has 0 bridgehead atoms. The number of hydrogen-bond donors (Lipinski definition) is 1. The monoisotopic (exact) mass is 437 g/mol. The molecular weight excluding hydrogens is 411 g/mol. The van der Waals surface area contributed by atoms with Crippen LogP contribution >= 0.6 is 0 Å². The number of amides is 1. The van der Waals surface area contributed by atoms with E-state index in [4.69, 9.17) is 9.47 Å². The molecule has 1 N–H and O–H groups in total. The molecule has 1 amide bonds. The molecule has 0 aromatic heterocycles. The molecule has 0 spiro atoms. The van der Waals surface area contributed by atoms with Crippen molar-refractivity contribution in [1.82, 2.24) is 4.90 Å². The predicted molar refractivity (Wildman–Crippen MR) is 113 cm³/mol. The van der Waals surface area contributed by atoms with Gasteiger partial charge in [-0.1, -0.05) is 18.2 Å². The lowest BCUT2D eigenvalue weighted by atomic mass is 10.1. The van der Waals surface area contributed by atoms with E-state index < -0.39 is 17.8 Å². The summed E-state index contributed by atoms with van der Waals surface area (Å²) in [5.74, 6) is 0.554. The molecule has 1 heterocycles. The molecule has 0 atom stereocenters. The zero-order chi connectivity index (χ0) is 22.3. The summed E-state index contributed by atoms with van der Waals surface area (Å²) < 4.78 is 49.1. The minimum Gasteiger partial charge on any atom is -0.495 e. The van der Waals surface area contributed by atoms with E-state index in [1.807, 2.05) is 11.0 Å². The van der Waals surface area contributed by atoms with Gasteiger partial charge in [0.15, 0.2) is 0 Å². The van der Waals surface area contributed by atoms with Crippen LogP contribution in [0.1, 0.15) is 12.0 Å². The first-order chi connectivity index (χ1) is 14.9. The molecule has 6 nitrogen and oxygen atoms in total. The summed E-state index contributed by atoms with van der Waals surface area (Å²) in [6.07, 6.45) is -4.21. The number of halogens is 3. The number of hydrogen-bond acceptors (Lipinski definition) is 5. The summed E-state index contributed by atoms with van der Waals surface area (Å²) in [7, 11) is 1.53. The maximum Gasteiger partial charge on any atom is 0.416 e. The van der Waals surface area contributed by atoms with E-state index in [0.717, 1.165) is 25.7 Å². The van der Waals surface area contributed by atoms with E-state index in [-0.39, 0.29) is 6.61 Å². The second-order valence-corrected chi connectivity index (χ2v) is 7.19. The van der Waals surface area contributed by atoms with E-state index in [1.54, 1.807) is 24.3 Å². The standard InChI is InChI=1S/C22H26F3N3O3/c1-30-20-9-3-2-8-19(20)26-21(29)31-15-5-10-27-11-13-28(14-12-27)18-7-4-6-17(16-18)22(23,24)25/h2-4,6-9,16H,5,10-15H2,1H3,(H,26,29). The number of nitrogens with zero attached hydrogens (tertiary/aromatic N) is 2. The van der Waals surface area contributed by atoms with Crippen molar-refractivity contribution in [1.29, 1.82) is 0 Å². The van der Waals surface area contributed by atoms with Crippen molar-refractivity contribution in [2.45, 2.75) is 12.6 Å². The van der Waals surface area contributed by atoms with Crippen LogP contribution in [0.25, 0.3) is 0 Å². The Balaban J connectivity index is 1.37. The molecule has 168 valence electrons. The van der Waals surface area contributed by atoms with E-state index >= 15 is 0 Å². The third kappa shape index (κ3) is 6.52. The van der Waals surface area contributed by atoms with Gasteiger partial charge < -0.3 is 14.4 Å². The first-order valence-corrected chi connectivity index (χ1v) is 10.1. The number of piperazine rings is 1. The lowest BCUT2D eigenvalue weighted by Crippen LogP contribution is -2.46. The van der Waals surface area contributed by atoms with Crippen molar-refractivity contribution in [2.24, 2.45) is 0 Å². The third-order valence-electron chi connectivity index (χ3n) is 5.11. The number of benzene rings is 2. The molecule has 31 heavy (non-hydrogen) atoms. The minimum atomic E-state index is -4.34. The smallest absolute Gasteiger partial charge is 0.416 e. The first-order valence-electron chi connectivity index (χ1n) is 10.1. The highest BCUT2D eigenvalue weighted by molar-refractivity contribution is 5.86. The number of carbonyl (C=O) groups excluding carboxylic acids is 1. The van der Waals surface area contributed by atoms with Crippen LogP contribution < -0.4 is 15.0 Å². The first kappa shape index (κ1) is 22.7. The molecule has 2 aromatic rings. The topological polar surface area (TPSA) is 54.0 Å². The Morgan fingerprint density at radius 3 is 2.52 bits per heavy atom. The Bertz CT molecular complexity index is 868. The number of alkyl halides is 3. The highest BCUT2D eigenvalue weighted by Crippen LogP contribution is 2.31. The molecule has 1 aliphatic rings. The van der Waals surface area contributed by atoms with Crippen molar-refractivity contribution >= 4 is 17.5 Å². The SMILES string of the molecule is COc1ccccc1NC(=O)OCCCN1CCN(c2cccc(C(F)(F)F)c2)CC1. The van der Waals surface area contributed by atoms with Gasteiger partial charge in [0.1, 0.15) is 5.75 Å². The summed E-state index contributed by atoms with van der Waals surface area (Å²) in [6.45, 7) is 3.80. The number of methoxy groups -OCH3 is 1. The zero-order valence-electron chi connectivity index (χ0n) is 17.3. The van der Waals surface area contributed by atoms with Crippen LogP contribution in [-0.4, -0.2) is 57.4 Å². The van der Waals surface area contributed by atoms with Crippen molar-refractivity contribution in [2.75, 3.05) is 56.7 Å². The Morgan fingerprint density at radius 2 is 1.81 bits per heavy atom. The van der Waals surface area contributed by atoms with Gasteiger partial charge in [-0.3, -0.25) is 10.2 Å². The molecule has 1 saturated heterocycles. The molecule has 1 fully saturated rings. The number of ether oxygens (including phenoxy) is 2. The van der Waals surface area contributed by atoms with Crippen molar-refractivity contribution < 1.29 is 27.4 Å². The molecule has 3 rings (SSSR count). The average Bonchev–Trinajstić information content (AvgIpc) is 2.77. The number of carbonyl (C=O) groups is 1. The highest BCUT2D eigenvalue weighted by atomic mass is 19.4. The summed E-state index contributed by atoms with van der Waals surface area (Å²) in [6, 6.07) is 12.5. The van der Waals surface area contributed by atoms with Gasteiger partial charge in [0, 0.05) is 38.4 Å². The van der Waals surface area contributed by atoms with Crippen LogP contribution in [0.3, 0.4) is 0 Å². The number of nitrogens with one attached hydrogen (secondary N) is 1. The van der Waals surface area contributed by atoms with Gasteiger partial charge in [0.2, 0.25) is 0 Å². The second kappa shape index (κ2) is 10.4. The van der Waals surface area contributed by atoms with Crippen molar-refractivity contribution in [3.8, 4) is 5.75 Å². The van der Waals surface area contributed by atoms with Crippen LogP contribution in [0.15, 0.2) is 48.5 Å². The number of rotatable bonds is 7. The summed E-state index contributed by atoms with van der Waals surface area (Å²) in [5, 5.41) is 2.65. The summed E-state index contributed by atoms with van der Waals surface area (Å²) in [5.41, 5.74) is 0.502. The van der Waals surface area contributed by atoms with Crippen molar-refractivity contribution in [3.05, 3.63) is 54.1 Å². The third-order valence-corrected chi connectivity index (χ3v) is 5.11. The second-order valence-electron chi connectivity index (χ2n) is 7.19. The normalized spacial score (nSPS) is 14.9. The number of anilines is 2. The summed E-state index contributed by atoms with van der Waals surface area (Å²) in [4.78, 5) is 16.1. The minimum absolute atomic E-state index is 0.273. The lowest BCUT2D eigenvalue weighted by molar-refractivity contribution is -0.137. The average molecular weight is 437 g/mol. The van der Waals surface area contributed by atoms with E-state index in [9.17, 15) is 18.0 Å². The summed E-state index contributed by atoms with van der Waals surface area (Å²) >= 11 is 0. The van der Waals surface area contributed by atoms with Crippen LogP contribution in [-0.2, 0) is 10.9 Å². The van der Waals surface area contributed by atoms with Crippen molar-refractivity contribution in [3.63, 3.8) is 0 Å². The molecule has 1 aliphatic heterocycles. The molecule has 9 heteroatoms. The highest BCUT2D eigenvalue weighted by Gasteiger charge is 2.31.